The Morgan fingerprint density at radius 3 is 2.50 bits per heavy atom. The molecule has 2 aliphatic heterocycles. The number of piperidine rings is 1. The maximum atomic E-state index is 11.0. The van der Waals surface area contributed by atoms with Gasteiger partial charge in [0, 0.05) is 25.0 Å². The Morgan fingerprint density at radius 2 is 1.94 bits per heavy atom. The van der Waals surface area contributed by atoms with Crippen LogP contribution >= 0.6 is 0 Å². The van der Waals surface area contributed by atoms with Gasteiger partial charge < -0.3 is 15.4 Å². The lowest BCUT2D eigenvalue weighted by molar-refractivity contribution is -0.122. The first-order valence-corrected chi connectivity index (χ1v) is 6.31. The second kappa shape index (κ2) is 5.15. The van der Waals surface area contributed by atoms with Crippen LogP contribution in [0.15, 0.2) is 0 Å². The smallest absolute Gasteiger partial charge is 0.220 e. The van der Waals surface area contributed by atoms with Crippen molar-refractivity contribution in [3.8, 4) is 0 Å². The lowest BCUT2D eigenvalue weighted by Gasteiger charge is -2.36. The van der Waals surface area contributed by atoms with E-state index in [0.717, 1.165) is 25.8 Å². The molecule has 0 radical (unpaired) electrons. The third-order valence-corrected chi connectivity index (χ3v) is 3.43. The van der Waals surface area contributed by atoms with E-state index in [4.69, 9.17) is 4.74 Å². The highest BCUT2D eigenvalue weighted by molar-refractivity contribution is 5.76. The Balaban J connectivity index is 1.78. The second-order valence-corrected chi connectivity index (χ2v) is 5.13. The van der Waals surface area contributed by atoms with Crippen LogP contribution in [0.25, 0.3) is 0 Å². The van der Waals surface area contributed by atoms with E-state index in [1.165, 1.54) is 0 Å². The van der Waals surface area contributed by atoms with Crippen molar-refractivity contribution in [1.29, 1.82) is 0 Å². The molecular formula is C12H22N2O2. The molecule has 0 saturated carbocycles. The first-order chi connectivity index (χ1) is 7.63. The van der Waals surface area contributed by atoms with Gasteiger partial charge in [-0.05, 0) is 33.1 Å². The number of nitrogens with one attached hydrogen (secondary N) is 2. The summed E-state index contributed by atoms with van der Waals surface area (Å²) < 4.78 is 5.71. The van der Waals surface area contributed by atoms with Crippen LogP contribution in [0.2, 0.25) is 0 Å². The van der Waals surface area contributed by atoms with Crippen LogP contribution in [0.5, 0.6) is 0 Å². The molecule has 0 aromatic carbocycles. The largest absolute Gasteiger partial charge is 0.375 e. The van der Waals surface area contributed by atoms with Crippen LogP contribution in [-0.2, 0) is 9.53 Å². The Hall–Kier alpha value is -0.610. The summed E-state index contributed by atoms with van der Waals surface area (Å²) in [6.45, 7) is 5.04. The lowest BCUT2D eigenvalue weighted by Crippen LogP contribution is -2.52. The highest BCUT2D eigenvalue weighted by atomic mass is 16.5. The minimum absolute atomic E-state index is 0.187. The highest BCUT2D eigenvalue weighted by Gasteiger charge is 2.27. The summed E-state index contributed by atoms with van der Waals surface area (Å²) >= 11 is 0. The van der Waals surface area contributed by atoms with Gasteiger partial charge in [0.2, 0.25) is 5.91 Å². The maximum absolute atomic E-state index is 11.0. The molecule has 2 rings (SSSR count). The van der Waals surface area contributed by atoms with Crippen molar-refractivity contribution in [1.82, 2.24) is 10.6 Å². The number of amides is 1. The van der Waals surface area contributed by atoms with E-state index >= 15 is 0 Å². The standard InChI is InChI=1S/C12H22N2O2/c1-8-5-11(6-9(2)16-8)14-10-3-4-12(15)13-7-10/h8-11,14H,3-7H2,1-2H3,(H,13,15). The summed E-state index contributed by atoms with van der Waals surface area (Å²) in [6, 6.07) is 0.985. The summed E-state index contributed by atoms with van der Waals surface area (Å²) in [6.07, 6.45) is 4.47. The van der Waals surface area contributed by atoms with E-state index in [-0.39, 0.29) is 5.91 Å². The average molecular weight is 226 g/mol. The fraction of sp³-hybridized carbons (Fsp3) is 0.917. The number of rotatable bonds is 2. The molecule has 16 heavy (non-hydrogen) atoms. The van der Waals surface area contributed by atoms with Gasteiger partial charge >= 0.3 is 0 Å². The van der Waals surface area contributed by atoms with Gasteiger partial charge in [-0.3, -0.25) is 4.79 Å². The molecule has 2 heterocycles. The lowest BCUT2D eigenvalue weighted by atomic mass is 9.97. The predicted molar refractivity (Wildman–Crippen MR) is 62.2 cm³/mol. The number of carbonyl (C=O) groups excluding carboxylic acids is 1. The van der Waals surface area contributed by atoms with Gasteiger partial charge in [0.1, 0.15) is 0 Å². The molecule has 3 atom stereocenters. The van der Waals surface area contributed by atoms with E-state index in [1.807, 2.05) is 0 Å². The van der Waals surface area contributed by atoms with Crippen LogP contribution in [0, 0.1) is 0 Å². The van der Waals surface area contributed by atoms with E-state index in [9.17, 15) is 4.79 Å². The maximum Gasteiger partial charge on any atom is 0.220 e. The van der Waals surface area contributed by atoms with Gasteiger partial charge in [-0.25, -0.2) is 0 Å². The van der Waals surface area contributed by atoms with Crippen molar-refractivity contribution in [3.63, 3.8) is 0 Å². The van der Waals surface area contributed by atoms with E-state index in [2.05, 4.69) is 24.5 Å². The number of hydrogen-bond donors (Lipinski definition) is 2. The van der Waals surface area contributed by atoms with Crippen molar-refractivity contribution < 1.29 is 9.53 Å². The molecule has 92 valence electrons. The van der Waals surface area contributed by atoms with Crippen molar-refractivity contribution in [2.24, 2.45) is 0 Å². The molecule has 2 aliphatic rings. The van der Waals surface area contributed by atoms with Gasteiger partial charge in [-0.1, -0.05) is 0 Å². The molecule has 0 bridgehead atoms. The quantitative estimate of drug-likeness (QED) is 0.732. The molecule has 0 aliphatic carbocycles. The molecule has 3 unspecified atom stereocenters. The van der Waals surface area contributed by atoms with E-state index in [0.29, 0.717) is 30.7 Å². The summed E-state index contributed by atoms with van der Waals surface area (Å²) in [4.78, 5) is 11.0. The van der Waals surface area contributed by atoms with Crippen molar-refractivity contribution >= 4 is 5.91 Å². The predicted octanol–water partition coefficient (Wildman–Crippen LogP) is 0.811. The number of hydrogen-bond acceptors (Lipinski definition) is 3. The SMILES string of the molecule is CC1CC(NC2CCC(=O)NC2)CC(C)O1. The van der Waals surface area contributed by atoms with Crippen molar-refractivity contribution in [3.05, 3.63) is 0 Å². The van der Waals surface area contributed by atoms with E-state index in [1.54, 1.807) is 0 Å². The second-order valence-electron chi connectivity index (χ2n) is 5.13. The fourth-order valence-corrected chi connectivity index (χ4v) is 2.75. The fourth-order valence-electron chi connectivity index (χ4n) is 2.75. The van der Waals surface area contributed by atoms with Gasteiger partial charge in [0.25, 0.3) is 0 Å². The minimum atomic E-state index is 0.187. The zero-order chi connectivity index (χ0) is 11.5. The summed E-state index contributed by atoms with van der Waals surface area (Å²) in [5.41, 5.74) is 0. The number of carbonyl (C=O) groups is 1. The van der Waals surface area contributed by atoms with Gasteiger partial charge in [-0.2, -0.15) is 0 Å². The van der Waals surface area contributed by atoms with E-state index < -0.39 is 0 Å². The molecule has 0 aromatic heterocycles. The highest BCUT2D eigenvalue weighted by Crippen LogP contribution is 2.20. The Labute approximate surface area is 97.1 Å². The summed E-state index contributed by atoms with van der Waals surface area (Å²) in [7, 11) is 0. The zero-order valence-corrected chi connectivity index (χ0v) is 10.2. The first kappa shape index (κ1) is 11.9. The summed E-state index contributed by atoms with van der Waals surface area (Å²) in [5.74, 6) is 0.187. The van der Waals surface area contributed by atoms with Crippen molar-refractivity contribution in [2.45, 2.75) is 63.8 Å². The molecule has 2 N–H and O–H groups in total. The monoisotopic (exact) mass is 226 g/mol. The first-order valence-electron chi connectivity index (χ1n) is 6.31. The molecule has 0 spiro atoms. The van der Waals surface area contributed by atoms with Gasteiger partial charge in [0.15, 0.2) is 0 Å². The van der Waals surface area contributed by atoms with Gasteiger partial charge in [0.05, 0.1) is 12.2 Å². The zero-order valence-electron chi connectivity index (χ0n) is 10.2. The Bertz CT molecular complexity index is 237. The molecule has 0 aromatic rings. The topological polar surface area (TPSA) is 50.4 Å². The van der Waals surface area contributed by atoms with Crippen LogP contribution in [0.1, 0.15) is 39.5 Å². The number of ether oxygens (including phenoxy) is 1. The minimum Gasteiger partial charge on any atom is -0.375 e. The Morgan fingerprint density at radius 1 is 1.25 bits per heavy atom. The van der Waals surface area contributed by atoms with Crippen LogP contribution < -0.4 is 10.6 Å². The van der Waals surface area contributed by atoms with Crippen LogP contribution in [0.3, 0.4) is 0 Å². The summed E-state index contributed by atoms with van der Waals surface area (Å²) in [5, 5.41) is 6.56. The average Bonchev–Trinajstić information content (AvgIpc) is 2.20. The molecule has 2 fully saturated rings. The normalized spacial score (nSPS) is 40.5. The van der Waals surface area contributed by atoms with Gasteiger partial charge in [-0.15, -0.1) is 0 Å². The third kappa shape index (κ3) is 3.19. The molecule has 2 saturated heterocycles. The molecule has 4 heteroatoms. The Kier molecular flexibility index (Phi) is 3.82. The molecule has 4 nitrogen and oxygen atoms in total. The third-order valence-electron chi connectivity index (χ3n) is 3.43. The van der Waals surface area contributed by atoms with Crippen LogP contribution in [0.4, 0.5) is 0 Å². The van der Waals surface area contributed by atoms with Crippen molar-refractivity contribution in [2.75, 3.05) is 6.54 Å². The molecule has 1 amide bonds. The molecular weight excluding hydrogens is 204 g/mol. The van der Waals surface area contributed by atoms with Crippen LogP contribution in [-0.4, -0.2) is 36.7 Å².